The lowest BCUT2D eigenvalue weighted by Crippen LogP contribution is -1.90. The van der Waals surface area contributed by atoms with E-state index in [0.29, 0.717) is 5.82 Å². The maximum absolute atomic E-state index is 5.45. The number of rotatable bonds is 1. The van der Waals surface area contributed by atoms with Crippen molar-refractivity contribution in [1.29, 1.82) is 0 Å². The van der Waals surface area contributed by atoms with Gasteiger partial charge in [-0.3, -0.25) is 0 Å². The third-order valence-electron chi connectivity index (χ3n) is 1.07. The molecular formula is C7H7BrN2. The van der Waals surface area contributed by atoms with Crippen molar-refractivity contribution >= 4 is 27.8 Å². The average molecular weight is 199 g/mol. The first-order valence-electron chi connectivity index (χ1n) is 2.78. The second-order valence-electron chi connectivity index (χ2n) is 1.85. The van der Waals surface area contributed by atoms with Crippen LogP contribution in [-0.4, -0.2) is 4.98 Å². The van der Waals surface area contributed by atoms with Gasteiger partial charge in [0, 0.05) is 0 Å². The Bertz CT molecular complexity index is 238. The fraction of sp³-hybridized carbons (Fsp3) is 0. The van der Waals surface area contributed by atoms with Gasteiger partial charge < -0.3 is 5.73 Å². The number of nitrogen functional groups attached to an aromatic ring is 1. The molecule has 0 saturated carbocycles. The van der Waals surface area contributed by atoms with E-state index in [4.69, 9.17) is 5.73 Å². The Balaban J connectivity index is 3.18. The van der Waals surface area contributed by atoms with E-state index < -0.39 is 0 Å². The van der Waals surface area contributed by atoms with Crippen LogP contribution in [0.15, 0.2) is 23.3 Å². The number of hydrogen-bond acceptors (Lipinski definition) is 2. The van der Waals surface area contributed by atoms with Crippen LogP contribution in [-0.2, 0) is 0 Å². The van der Waals surface area contributed by atoms with Crippen molar-refractivity contribution < 1.29 is 0 Å². The Hall–Kier alpha value is -0.830. The van der Waals surface area contributed by atoms with Crippen molar-refractivity contribution in [2.45, 2.75) is 0 Å². The number of nitrogens with zero attached hydrogens (tertiary/aromatic N) is 1. The van der Waals surface area contributed by atoms with Crippen molar-refractivity contribution in [1.82, 2.24) is 4.98 Å². The summed E-state index contributed by atoms with van der Waals surface area (Å²) in [5.74, 6) is 0.504. The van der Waals surface area contributed by atoms with Gasteiger partial charge in [-0.1, -0.05) is 12.7 Å². The van der Waals surface area contributed by atoms with Crippen LogP contribution in [0.4, 0.5) is 5.82 Å². The monoisotopic (exact) mass is 198 g/mol. The maximum Gasteiger partial charge on any atom is 0.125 e. The number of hydrogen-bond donors (Lipinski definition) is 1. The Morgan fingerprint density at radius 1 is 1.60 bits per heavy atom. The first kappa shape index (κ1) is 7.28. The molecule has 0 amide bonds. The molecule has 0 aliphatic rings. The molecule has 0 aliphatic heterocycles. The number of pyridine rings is 1. The highest BCUT2D eigenvalue weighted by molar-refractivity contribution is 9.10. The molecule has 0 saturated heterocycles. The highest BCUT2D eigenvalue weighted by atomic mass is 79.9. The molecule has 0 atom stereocenters. The lowest BCUT2D eigenvalue weighted by Gasteiger charge is -1.95. The standard InChI is InChI=1S/C7H7BrN2/c1-2-5-3-6(8)10-7(9)4-5/h2-4H,1H2,(H2,9,10). The van der Waals surface area contributed by atoms with Gasteiger partial charge in [-0.15, -0.1) is 0 Å². The van der Waals surface area contributed by atoms with Gasteiger partial charge in [-0.05, 0) is 33.6 Å². The Labute approximate surface area is 67.9 Å². The number of halogens is 1. The van der Waals surface area contributed by atoms with Gasteiger partial charge in [0.25, 0.3) is 0 Å². The molecule has 0 aliphatic carbocycles. The lowest BCUT2D eigenvalue weighted by atomic mass is 10.3. The van der Waals surface area contributed by atoms with E-state index >= 15 is 0 Å². The van der Waals surface area contributed by atoms with Gasteiger partial charge in [0.05, 0.1) is 0 Å². The second-order valence-corrected chi connectivity index (χ2v) is 2.66. The summed E-state index contributed by atoms with van der Waals surface area (Å²) in [6.45, 7) is 3.61. The highest BCUT2D eigenvalue weighted by Crippen LogP contribution is 2.12. The van der Waals surface area contributed by atoms with Crippen molar-refractivity contribution in [3.05, 3.63) is 28.9 Å². The second kappa shape index (κ2) is 2.84. The molecule has 2 nitrogen and oxygen atoms in total. The molecule has 1 heterocycles. The molecule has 10 heavy (non-hydrogen) atoms. The van der Waals surface area contributed by atoms with Gasteiger partial charge in [-0.25, -0.2) is 4.98 Å². The van der Waals surface area contributed by atoms with Gasteiger partial charge >= 0.3 is 0 Å². The van der Waals surface area contributed by atoms with Crippen molar-refractivity contribution in [3.8, 4) is 0 Å². The summed E-state index contributed by atoms with van der Waals surface area (Å²) in [7, 11) is 0. The molecule has 0 spiro atoms. The SMILES string of the molecule is C=Cc1cc(N)nc(Br)c1. The fourth-order valence-electron chi connectivity index (χ4n) is 0.656. The molecule has 1 aromatic rings. The molecule has 2 N–H and O–H groups in total. The zero-order chi connectivity index (χ0) is 7.56. The predicted octanol–water partition coefficient (Wildman–Crippen LogP) is 2.07. The van der Waals surface area contributed by atoms with E-state index in [-0.39, 0.29) is 0 Å². The minimum Gasteiger partial charge on any atom is -0.384 e. The van der Waals surface area contributed by atoms with Crippen molar-refractivity contribution in [2.24, 2.45) is 0 Å². The normalized spacial score (nSPS) is 9.30. The number of aromatic nitrogens is 1. The van der Waals surface area contributed by atoms with Crippen LogP contribution >= 0.6 is 15.9 Å². The quantitative estimate of drug-likeness (QED) is 0.703. The summed E-state index contributed by atoms with van der Waals surface area (Å²) in [5.41, 5.74) is 6.42. The summed E-state index contributed by atoms with van der Waals surface area (Å²) in [6, 6.07) is 3.61. The molecule has 1 aromatic heterocycles. The third kappa shape index (κ3) is 1.57. The summed E-state index contributed by atoms with van der Waals surface area (Å²) >= 11 is 3.21. The van der Waals surface area contributed by atoms with E-state index in [1.807, 2.05) is 6.07 Å². The van der Waals surface area contributed by atoms with Crippen LogP contribution < -0.4 is 5.73 Å². The zero-order valence-corrected chi connectivity index (χ0v) is 6.93. The first-order chi connectivity index (χ1) is 4.72. The summed E-state index contributed by atoms with van der Waals surface area (Å²) in [6.07, 6.45) is 1.72. The van der Waals surface area contributed by atoms with E-state index in [9.17, 15) is 0 Å². The Morgan fingerprint density at radius 3 is 2.80 bits per heavy atom. The van der Waals surface area contributed by atoms with Gasteiger partial charge in [0.15, 0.2) is 0 Å². The number of nitrogens with two attached hydrogens (primary N) is 1. The third-order valence-corrected chi connectivity index (χ3v) is 1.48. The van der Waals surface area contributed by atoms with Crippen LogP contribution in [0.2, 0.25) is 0 Å². The predicted molar refractivity (Wildman–Crippen MR) is 46.4 cm³/mol. The van der Waals surface area contributed by atoms with E-state index in [1.54, 1.807) is 12.1 Å². The van der Waals surface area contributed by atoms with Crippen molar-refractivity contribution in [2.75, 3.05) is 5.73 Å². The van der Waals surface area contributed by atoms with Crippen LogP contribution in [0.1, 0.15) is 5.56 Å². The zero-order valence-electron chi connectivity index (χ0n) is 5.34. The molecule has 0 unspecified atom stereocenters. The van der Waals surface area contributed by atoms with Crippen LogP contribution in [0.3, 0.4) is 0 Å². The molecule has 0 radical (unpaired) electrons. The largest absolute Gasteiger partial charge is 0.384 e. The molecular weight excluding hydrogens is 192 g/mol. The fourth-order valence-corrected chi connectivity index (χ4v) is 1.12. The summed E-state index contributed by atoms with van der Waals surface area (Å²) in [5, 5.41) is 0. The molecule has 0 bridgehead atoms. The van der Waals surface area contributed by atoms with Gasteiger partial charge in [0.1, 0.15) is 10.4 Å². The molecule has 0 aromatic carbocycles. The molecule has 0 fully saturated rings. The van der Waals surface area contributed by atoms with E-state index in [2.05, 4.69) is 27.5 Å². The van der Waals surface area contributed by atoms with Crippen LogP contribution in [0.5, 0.6) is 0 Å². The average Bonchev–Trinajstić information content (AvgIpc) is 1.85. The van der Waals surface area contributed by atoms with E-state index in [1.165, 1.54) is 0 Å². The summed E-state index contributed by atoms with van der Waals surface area (Å²) < 4.78 is 0.738. The molecule has 52 valence electrons. The Kier molecular flexibility index (Phi) is 2.06. The highest BCUT2D eigenvalue weighted by Gasteiger charge is 1.92. The maximum atomic E-state index is 5.45. The summed E-state index contributed by atoms with van der Waals surface area (Å²) in [4.78, 5) is 3.93. The van der Waals surface area contributed by atoms with Gasteiger partial charge in [0.2, 0.25) is 0 Å². The molecule has 1 rings (SSSR count). The minimum absolute atomic E-state index is 0.504. The Morgan fingerprint density at radius 2 is 2.30 bits per heavy atom. The van der Waals surface area contributed by atoms with Crippen molar-refractivity contribution in [3.63, 3.8) is 0 Å². The number of anilines is 1. The van der Waals surface area contributed by atoms with Gasteiger partial charge in [-0.2, -0.15) is 0 Å². The van der Waals surface area contributed by atoms with Crippen LogP contribution in [0, 0.1) is 0 Å². The molecule has 3 heteroatoms. The van der Waals surface area contributed by atoms with Crippen LogP contribution in [0.25, 0.3) is 6.08 Å². The smallest absolute Gasteiger partial charge is 0.125 e. The first-order valence-corrected chi connectivity index (χ1v) is 3.57. The topological polar surface area (TPSA) is 38.9 Å². The lowest BCUT2D eigenvalue weighted by molar-refractivity contribution is 1.28. The minimum atomic E-state index is 0.504. The van der Waals surface area contributed by atoms with E-state index in [0.717, 1.165) is 10.2 Å².